The number of amides is 1. The lowest BCUT2D eigenvalue weighted by atomic mass is 10.0. The van der Waals surface area contributed by atoms with Crippen LogP contribution in [0.4, 0.5) is 5.69 Å². The van der Waals surface area contributed by atoms with E-state index in [9.17, 15) is 4.79 Å². The summed E-state index contributed by atoms with van der Waals surface area (Å²) >= 11 is 1.63. The number of nitrogens with one attached hydrogen (secondary N) is 2. The van der Waals surface area contributed by atoms with E-state index in [1.807, 2.05) is 36.6 Å². The molecular formula is C16H20ClN3OS. The normalized spacial score (nSPS) is 17.6. The zero-order chi connectivity index (χ0) is 14.7. The SMILES string of the molecule is Cc1nc(-c2cccc(NC(=O)C3CCCCN3)c2)cs1.Cl. The Morgan fingerprint density at radius 2 is 2.27 bits per heavy atom. The zero-order valence-electron chi connectivity index (χ0n) is 12.5. The molecule has 0 aliphatic carbocycles. The lowest BCUT2D eigenvalue weighted by Gasteiger charge is -2.22. The van der Waals surface area contributed by atoms with Crippen LogP contribution in [0.15, 0.2) is 29.6 Å². The van der Waals surface area contributed by atoms with Gasteiger partial charge in [0, 0.05) is 16.6 Å². The van der Waals surface area contributed by atoms with Crippen LogP contribution in [0.3, 0.4) is 0 Å². The number of piperidine rings is 1. The minimum atomic E-state index is -0.0658. The third kappa shape index (κ3) is 4.06. The van der Waals surface area contributed by atoms with E-state index in [0.717, 1.165) is 47.8 Å². The molecule has 1 aliphatic heterocycles. The van der Waals surface area contributed by atoms with Gasteiger partial charge in [-0.1, -0.05) is 18.6 Å². The Labute approximate surface area is 140 Å². The molecule has 1 atom stereocenters. The average molecular weight is 338 g/mol. The smallest absolute Gasteiger partial charge is 0.241 e. The molecule has 0 bridgehead atoms. The van der Waals surface area contributed by atoms with Gasteiger partial charge in [-0.15, -0.1) is 23.7 Å². The summed E-state index contributed by atoms with van der Waals surface area (Å²) < 4.78 is 0. The van der Waals surface area contributed by atoms with Gasteiger partial charge in [-0.3, -0.25) is 4.79 Å². The van der Waals surface area contributed by atoms with Crippen molar-refractivity contribution in [2.45, 2.75) is 32.2 Å². The summed E-state index contributed by atoms with van der Waals surface area (Å²) in [5.74, 6) is 0.0568. The van der Waals surface area contributed by atoms with E-state index in [-0.39, 0.29) is 24.4 Å². The summed E-state index contributed by atoms with van der Waals surface area (Å²) in [4.78, 5) is 16.7. The molecule has 0 radical (unpaired) electrons. The van der Waals surface area contributed by atoms with Gasteiger partial charge in [0.1, 0.15) is 0 Å². The number of aromatic nitrogens is 1. The van der Waals surface area contributed by atoms with E-state index in [4.69, 9.17) is 0 Å². The van der Waals surface area contributed by atoms with Crippen LogP contribution in [-0.4, -0.2) is 23.5 Å². The third-order valence-corrected chi connectivity index (χ3v) is 4.45. The van der Waals surface area contributed by atoms with Crippen molar-refractivity contribution >= 4 is 35.3 Å². The van der Waals surface area contributed by atoms with Crippen molar-refractivity contribution in [2.24, 2.45) is 0 Å². The molecule has 1 aromatic carbocycles. The number of hydrogen-bond donors (Lipinski definition) is 2. The molecule has 1 aromatic heterocycles. The molecule has 118 valence electrons. The van der Waals surface area contributed by atoms with Crippen molar-refractivity contribution in [3.05, 3.63) is 34.7 Å². The van der Waals surface area contributed by atoms with Gasteiger partial charge in [-0.05, 0) is 38.4 Å². The van der Waals surface area contributed by atoms with Crippen LogP contribution in [0.5, 0.6) is 0 Å². The molecule has 1 fully saturated rings. The molecule has 2 N–H and O–H groups in total. The predicted octanol–water partition coefficient (Wildman–Crippen LogP) is 3.62. The zero-order valence-corrected chi connectivity index (χ0v) is 14.1. The minimum Gasteiger partial charge on any atom is -0.325 e. The first kappa shape index (κ1) is 16.9. The third-order valence-electron chi connectivity index (χ3n) is 3.67. The van der Waals surface area contributed by atoms with Gasteiger partial charge in [0.2, 0.25) is 5.91 Å². The number of hydrogen-bond acceptors (Lipinski definition) is 4. The lowest BCUT2D eigenvalue weighted by molar-refractivity contribution is -0.118. The van der Waals surface area contributed by atoms with Gasteiger partial charge in [0.05, 0.1) is 16.7 Å². The topological polar surface area (TPSA) is 54.0 Å². The van der Waals surface area contributed by atoms with Crippen molar-refractivity contribution in [1.29, 1.82) is 0 Å². The fourth-order valence-corrected chi connectivity index (χ4v) is 3.18. The molecule has 4 nitrogen and oxygen atoms in total. The van der Waals surface area contributed by atoms with Crippen LogP contribution < -0.4 is 10.6 Å². The molecule has 0 saturated carbocycles. The first-order valence-corrected chi connectivity index (χ1v) is 8.17. The van der Waals surface area contributed by atoms with E-state index in [0.29, 0.717) is 0 Å². The molecule has 0 spiro atoms. The molecule has 22 heavy (non-hydrogen) atoms. The van der Waals surface area contributed by atoms with Crippen molar-refractivity contribution in [1.82, 2.24) is 10.3 Å². The first-order valence-electron chi connectivity index (χ1n) is 7.29. The quantitative estimate of drug-likeness (QED) is 0.899. The van der Waals surface area contributed by atoms with Gasteiger partial charge in [-0.2, -0.15) is 0 Å². The summed E-state index contributed by atoms with van der Waals surface area (Å²) in [5.41, 5.74) is 2.83. The maximum absolute atomic E-state index is 12.2. The molecule has 1 amide bonds. The van der Waals surface area contributed by atoms with Crippen molar-refractivity contribution in [3.8, 4) is 11.3 Å². The molecular weight excluding hydrogens is 318 g/mol. The van der Waals surface area contributed by atoms with Gasteiger partial charge in [0.25, 0.3) is 0 Å². The number of carbonyl (C=O) groups is 1. The monoisotopic (exact) mass is 337 g/mol. The number of benzene rings is 1. The fourth-order valence-electron chi connectivity index (χ4n) is 2.56. The Hall–Kier alpha value is -1.43. The number of nitrogens with zero attached hydrogens (tertiary/aromatic N) is 1. The van der Waals surface area contributed by atoms with Gasteiger partial charge < -0.3 is 10.6 Å². The molecule has 2 aromatic rings. The summed E-state index contributed by atoms with van der Waals surface area (Å²) in [6.45, 7) is 2.92. The van der Waals surface area contributed by atoms with Crippen LogP contribution in [-0.2, 0) is 4.79 Å². The second kappa shape index (κ2) is 7.72. The summed E-state index contributed by atoms with van der Waals surface area (Å²) in [7, 11) is 0. The maximum Gasteiger partial charge on any atom is 0.241 e. The maximum atomic E-state index is 12.2. The molecule has 6 heteroatoms. The molecule has 2 heterocycles. The summed E-state index contributed by atoms with van der Waals surface area (Å²) in [6, 6.07) is 7.80. The number of carbonyl (C=O) groups excluding carboxylic acids is 1. The van der Waals surface area contributed by atoms with Crippen molar-refractivity contribution < 1.29 is 4.79 Å². The Morgan fingerprint density at radius 1 is 1.41 bits per heavy atom. The van der Waals surface area contributed by atoms with Crippen LogP contribution >= 0.6 is 23.7 Å². The summed E-state index contributed by atoms with van der Waals surface area (Å²) in [6.07, 6.45) is 3.18. The number of anilines is 1. The Balaban J connectivity index is 0.00000176. The van der Waals surface area contributed by atoms with Gasteiger partial charge in [-0.25, -0.2) is 4.98 Å². The van der Waals surface area contributed by atoms with Crippen molar-refractivity contribution in [3.63, 3.8) is 0 Å². The largest absolute Gasteiger partial charge is 0.325 e. The predicted molar refractivity (Wildman–Crippen MR) is 93.8 cm³/mol. The second-order valence-corrected chi connectivity index (χ2v) is 6.39. The number of aryl methyl sites for hydroxylation is 1. The Kier molecular flexibility index (Phi) is 5.94. The lowest BCUT2D eigenvalue weighted by Crippen LogP contribution is -2.43. The van der Waals surface area contributed by atoms with Crippen molar-refractivity contribution in [2.75, 3.05) is 11.9 Å². The van der Waals surface area contributed by atoms with Gasteiger partial charge >= 0.3 is 0 Å². The minimum absolute atomic E-state index is 0. The molecule has 1 unspecified atom stereocenters. The fraction of sp³-hybridized carbons (Fsp3) is 0.375. The molecule has 1 aliphatic rings. The average Bonchev–Trinajstić information content (AvgIpc) is 2.95. The van der Waals surface area contributed by atoms with Gasteiger partial charge in [0.15, 0.2) is 0 Å². The highest BCUT2D eigenvalue weighted by atomic mass is 35.5. The van der Waals surface area contributed by atoms with Crippen LogP contribution in [0.1, 0.15) is 24.3 Å². The molecule has 3 rings (SSSR count). The van der Waals surface area contributed by atoms with Crippen LogP contribution in [0.2, 0.25) is 0 Å². The number of rotatable bonds is 3. The Morgan fingerprint density at radius 3 is 2.95 bits per heavy atom. The van der Waals surface area contributed by atoms with Crippen LogP contribution in [0, 0.1) is 6.92 Å². The number of thiazole rings is 1. The van der Waals surface area contributed by atoms with E-state index in [2.05, 4.69) is 15.6 Å². The highest BCUT2D eigenvalue weighted by molar-refractivity contribution is 7.09. The van der Waals surface area contributed by atoms with E-state index in [1.165, 1.54) is 0 Å². The standard InChI is InChI=1S/C16H19N3OS.ClH/c1-11-18-15(10-21-11)12-5-4-6-13(9-12)19-16(20)14-7-2-3-8-17-14;/h4-6,9-10,14,17H,2-3,7-8H2,1H3,(H,19,20);1H. The first-order chi connectivity index (χ1) is 10.2. The van der Waals surface area contributed by atoms with Crippen LogP contribution in [0.25, 0.3) is 11.3 Å². The van der Waals surface area contributed by atoms with E-state index >= 15 is 0 Å². The Bertz CT molecular complexity index is 638. The van der Waals surface area contributed by atoms with E-state index < -0.39 is 0 Å². The highest BCUT2D eigenvalue weighted by Crippen LogP contribution is 2.24. The summed E-state index contributed by atoms with van der Waals surface area (Å²) in [5, 5.41) is 9.36. The van der Waals surface area contributed by atoms with E-state index in [1.54, 1.807) is 11.3 Å². The number of halogens is 1. The highest BCUT2D eigenvalue weighted by Gasteiger charge is 2.20. The molecule has 1 saturated heterocycles. The second-order valence-electron chi connectivity index (χ2n) is 5.32.